The van der Waals surface area contributed by atoms with Crippen molar-refractivity contribution < 1.29 is 9.53 Å². The lowest BCUT2D eigenvalue weighted by molar-refractivity contribution is -0.126. The average molecular weight is 262 g/mol. The van der Waals surface area contributed by atoms with Crippen LogP contribution in [-0.2, 0) is 11.3 Å². The molecule has 4 nitrogen and oxygen atoms in total. The van der Waals surface area contributed by atoms with Crippen LogP contribution in [0.25, 0.3) is 0 Å². The van der Waals surface area contributed by atoms with Crippen molar-refractivity contribution in [2.75, 3.05) is 13.7 Å². The van der Waals surface area contributed by atoms with Crippen LogP contribution >= 0.6 is 0 Å². The van der Waals surface area contributed by atoms with Crippen LogP contribution in [0.4, 0.5) is 0 Å². The van der Waals surface area contributed by atoms with Gasteiger partial charge in [0.05, 0.1) is 7.11 Å². The van der Waals surface area contributed by atoms with Crippen molar-refractivity contribution >= 4 is 5.91 Å². The molecule has 0 aliphatic carbocycles. The van der Waals surface area contributed by atoms with Crippen molar-refractivity contribution in [1.29, 1.82) is 0 Å². The van der Waals surface area contributed by atoms with Crippen molar-refractivity contribution in [2.24, 2.45) is 5.92 Å². The van der Waals surface area contributed by atoms with Gasteiger partial charge in [0.25, 0.3) is 0 Å². The molecule has 1 aliphatic heterocycles. The number of ether oxygens (including phenoxy) is 1. The lowest BCUT2D eigenvalue weighted by Crippen LogP contribution is -2.42. The molecule has 1 saturated heterocycles. The quantitative estimate of drug-likeness (QED) is 0.868. The van der Waals surface area contributed by atoms with Crippen LogP contribution < -0.4 is 15.4 Å². The number of carbonyl (C=O) groups is 1. The van der Waals surface area contributed by atoms with E-state index in [1.165, 1.54) is 0 Å². The van der Waals surface area contributed by atoms with Gasteiger partial charge in [0.2, 0.25) is 5.91 Å². The number of rotatable bonds is 4. The minimum atomic E-state index is 0.141. The molecule has 0 spiro atoms. The molecule has 0 saturated carbocycles. The summed E-state index contributed by atoms with van der Waals surface area (Å²) in [6.07, 6.45) is 1.85. The van der Waals surface area contributed by atoms with Gasteiger partial charge in [-0.05, 0) is 44.0 Å². The molecular formula is C15H22N2O2. The maximum absolute atomic E-state index is 12.1. The lowest BCUT2D eigenvalue weighted by atomic mass is 9.92. The first-order valence-corrected chi connectivity index (χ1v) is 6.83. The second kappa shape index (κ2) is 6.57. The van der Waals surface area contributed by atoms with Crippen LogP contribution in [-0.4, -0.2) is 25.6 Å². The van der Waals surface area contributed by atoms with E-state index in [0.717, 1.165) is 30.7 Å². The Kier molecular flexibility index (Phi) is 4.80. The average Bonchev–Trinajstić information content (AvgIpc) is 2.45. The molecule has 1 aromatic rings. The summed E-state index contributed by atoms with van der Waals surface area (Å²) < 4.78 is 5.17. The molecule has 1 heterocycles. The fourth-order valence-electron chi connectivity index (χ4n) is 2.49. The van der Waals surface area contributed by atoms with Gasteiger partial charge in [0.1, 0.15) is 5.75 Å². The van der Waals surface area contributed by atoms with Crippen molar-refractivity contribution in [3.8, 4) is 5.75 Å². The summed E-state index contributed by atoms with van der Waals surface area (Å²) in [6, 6.07) is 8.22. The first-order chi connectivity index (χ1) is 9.19. The Morgan fingerprint density at radius 1 is 1.53 bits per heavy atom. The normalized spacial score (nSPS) is 22.8. The first kappa shape index (κ1) is 13.9. The van der Waals surface area contributed by atoms with E-state index in [1.54, 1.807) is 7.11 Å². The molecular weight excluding hydrogens is 240 g/mol. The van der Waals surface area contributed by atoms with E-state index < -0.39 is 0 Å². The Morgan fingerprint density at radius 3 is 3.11 bits per heavy atom. The van der Waals surface area contributed by atoms with Gasteiger partial charge in [-0.15, -0.1) is 0 Å². The van der Waals surface area contributed by atoms with E-state index >= 15 is 0 Å². The van der Waals surface area contributed by atoms with Crippen LogP contribution in [0.2, 0.25) is 0 Å². The van der Waals surface area contributed by atoms with E-state index in [-0.39, 0.29) is 11.8 Å². The van der Waals surface area contributed by atoms with Gasteiger partial charge in [0.15, 0.2) is 0 Å². The molecule has 1 fully saturated rings. The molecule has 2 atom stereocenters. The number of nitrogens with one attached hydrogen (secondary N) is 2. The summed E-state index contributed by atoms with van der Waals surface area (Å²) in [7, 11) is 1.65. The minimum absolute atomic E-state index is 0.141. The highest BCUT2D eigenvalue weighted by molar-refractivity contribution is 5.78. The SMILES string of the molecule is COc1cccc(CNC(=O)C2CCNC(C)C2)c1. The number of carbonyl (C=O) groups excluding carboxylic acids is 1. The summed E-state index contributed by atoms with van der Waals surface area (Å²) in [4.78, 5) is 12.1. The summed E-state index contributed by atoms with van der Waals surface area (Å²) >= 11 is 0. The Hall–Kier alpha value is -1.55. The van der Waals surface area contributed by atoms with E-state index in [9.17, 15) is 4.79 Å². The van der Waals surface area contributed by atoms with E-state index in [2.05, 4.69) is 17.6 Å². The maximum Gasteiger partial charge on any atom is 0.223 e. The first-order valence-electron chi connectivity index (χ1n) is 6.83. The van der Waals surface area contributed by atoms with Gasteiger partial charge < -0.3 is 15.4 Å². The number of hydrogen-bond donors (Lipinski definition) is 2. The van der Waals surface area contributed by atoms with E-state index in [0.29, 0.717) is 12.6 Å². The van der Waals surface area contributed by atoms with E-state index in [1.807, 2.05) is 24.3 Å². The van der Waals surface area contributed by atoms with Gasteiger partial charge in [0, 0.05) is 18.5 Å². The molecule has 0 aromatic heterocycles. The highest BCUT2D eigenvalue weighted by atomic mass is 16.5. The van der Waals surface area contributed by atoms with Crippen LogP contribution in [0.15, 0.2) is 24.3 Å². The van der Waals surface area contributed by atoms with Gasteiger partial charge in [-0.25, -0.2) is 0 Å². The highest BCUT2D eigenvalue weighted by Crippen LogP contribution is 2.17. The standard InChI is InChI=1S/C15H22N2O2/c1-11-8-13(6-7-16-11)15(18)17-10-12-4-3-5-14(9-12)19-2/h3-5,9,11,13,16H,6-8,10H2,1-2H3,(H,17,18). The molecule has 1 aliphatic rings. The van der Waals surface area contributed by atoms with Crippen molar-refractivity contribution in [1.82, 2.24) is 10.6 Å². The number of piperidine rings is 1. The monoisotopic (exact) mass is 262 g/mol. The van der Waals surface area contributed by atoms with Gasteiger partial charge >= 0.3 is 0 Å². The zero-order valence-corrected chi connectivity index (χ0v) is 11.6. The van der Waals surface area contributed by atoms with Crippen LogP contribution in [0.1, 0.15) is 25.3 Å². The summed E-state index contributed by atoms with van der Waals surface area (Å²) in [5, 5.41) is 6.38. The molecule has 0 radical (unpaired) electrons. The third kappa shape index (κ3) is 3.96. The number of methoxy groups -OCH3 is 1. The van der Waals surface area contributed by atoms with E-state index in [4.69, 9.17) is 4.74 Å². The predicted molar refractivity (Wildman–Crippen MR) is 75.0 cm³/mol. The van der Waals surface area contributed by atoms with Crippen LogP contribution in [0.5, 0.6) is 5.75 Å². The number of amides is 1. The number of hydrogen-bond acceptors (Lipinski definition) is 3. The molecule has 2 N–H and O–H groups in total. The van der Waals surface area contributed by atoms with Crippen molar-refractivity contribution in [3.05, 3.63) is 29.8 Å². The molecule has 104 valence electrons. The Balaban J connectivity index is 1.85. The van der Waals surface area contributed by atoms with Crippen molar-refractivity contribution in [3.63, 3.8) is 0 Å². The third-order valence-electron chi connectivity index (χ3n) is 3.60. The number of benzene rings is 1. The molecule has 19 heavy (non-hydrogen) atoms. The maximum atomic E-state index is 12.1. The largest absolute Gasteiger partial charge is 0.497 e. The zero-order valence-electron chi connectivity index (χ0n) is 11.6. The Labute approximate surface area is 114 Å². The fraction of sp³-hybridized carbons (Fsp3) is 0.533. The molecule has 0 bridgehead atoms. The third-order valence-corrected chi connectivity index (χ3v) is 3.60. The lowest BCUT2D eigenvalue weighted by Gasteiger charge is -2.27. The Bertz CT molecular complexity index is 434. The molecule has 4 heteroatoms. The minimum Gasteiger partial charge on any atom is -0.497 e. The van der Waals surface area contributed by atoms with Gasteiger partial charge in [-0.3, -0.25) is 4.79 Å². The second-order valence-electron chi connectivity index (χ2n) is 5.15. The Morgan fingerprint density at radius 2 is 2.37 bits per heavy atom. The molecule has 2 unspecified atom stereocenters. The van der Waals surface area contributed by atoms with Gasteiger partial charge in [-0.2, -0.15) is 0 Å². The molecule has 1 amide bonds. The van der Waals surface area contributed by atoms with Crippen molar-refractivity contribution in [2.45, 2.75) is 32.4 Å². The highest BCUT2D eigenvalue weighted by Gasteiger charge is 2.24. The summed E-state index contributed by atoms with van der Waals surface area (Å²) in [5.41, 5.74) is 1.06. The summed E-state index contributed by atoms with van der Waals surface area (Å²) in [5.74, 6) is 1.13. The molecule has 1 aromatic carbocycles. The summed E-state index contributed by atoms with van der Waals surface area (Å²) in [6.45, 7) is 3.62. The fourth-order valence-corrected chi connectivity index (χ4v) is 2.49. The zero-order chi connectivity index (χ0) is 13.7. The van der Waals surface area contributed by atoms with Crippen LogP contribution in [0, 0.1) is 5.92 Å². The van der Waals surface area contributed by atoms with Crippen LogP contribution in [0.3, 0.4) is 0 Å². The second-order valence-corrected chi connectivity index (χ2v) is 5.15. The smallest absolute Gasteiger partial charge is 0.223 e. The van der Waals surface area contributed by atoms with Gasteiger partial charge in [-0.1, -0.05) is 12.1 Å². The molecule has 2 rings (SSSR count). The predicted octanol–water partition coefficient (Wildman–Crippen LogP) is 1.70. The topological polar surface area (TPSA) is 50.4 Å².